The Kier molecular flexibility index (Phi) is 3.00. The number of hydrogen-bond donors (Lipinski definition) is 3. The third-order valence-corrected chi connectivity index (χ3v) is 1.93. The third kappa shape index (κ3) is 2.05. The zero-order valence-electron chi connectivity index (χ0n) is 7.50. The van der Waals surface area contributed by atoms with Crippen LogP contribution in [0.4, 0.5) is 0 Å². The minimum atomic E-state index is -0.479. The Hall–Kier alpha value is -1.39. The molecule has 0 atom stereocenters. The molecule has 0 aliphatic carbocycles. The minimum absolute atomic E-state index is 0.479. The van der Waals surface area contributed by atoms with Crippen molar-refractivity contribution in [1.29, 1.82) is 0 Å². The molecule has 1 rings (SSSR count). The summed E-state index contributed by atoms with van der Waals surface area (Å²) in [6.45, 7) is 2.52. The first kappa shape index (κ1) is 9.70. The van der Waals surface area contributed by atoms with Gasteiger partial charge in [0.2, 0.25) is 0 Å². The molecule has 4 nitrogen and oxygen atoms in total. The van der Waals surface area contributed by atoms with Crippen LogP contribution in [-0.2, 0) is 6.54 Å². The van der Waals surface area contributed by atoms with E-state index in [2.05, 4.69) is 5.73 Å². The molecule has 1 aromatic carbocycles. The summed E-state index contributed by atoms with van der Waals surface area (Å²) < 4.78 is 0. The van der Waals surface area contributed by atoms with Gasteiger partial charge in [-0.15, -0.1) is 0 Å². The molecule has 1 aromatic rings. The van der Waals surface area contributed by atoms with Crippen LogP contribution in [0.25, 0.3) is 0 Å². The van der Waals surface area contributed by atoms with Crippen LogP contribution < -0.4 is 11.2 Å². The maximum absolute atomic E-state index is 11.1. The Bertz CT molecular complexity index is 323. The van der Waals surface area contributed by atoms with E-state index in [1.54, 1.807) is 11.5 Å². The number of carbonyl (C=O) groups is 1. The number of carbonyl (C=O) groups excluding carboxylic acids is 1. The van der Waals surface area contributed by atoms with Crippen molar-refractivity contribution >= 4 is 5.91 Å². The van der Waals surface area contributed by atoms with E-state index in [9.17, 15) is 4.79 Å². The highest BCUT2D eigenvalue weighted by Gasteiger charge is 2.07. The van der Waals surface area contributed by atoms with E-state index in [-0.39, 0.29) is 0 Å². The zero-order chi connectivity index (χ0) is 9.84. The Labute approximate surface area is 76.3 Å². The number of nitrogens with one attached hydrogen (secondary N) is 1. The largest absolute Gasteiger partial charge is 0.354 e. The molecule has 0 radical (unpaired) electrons. The highest BCUT2D eigenvalue weighted by Crippen LogP contribution is 2.10. The number of hydroxylamine groups is 1. The van der Waals surface area contributed by atoms with Crippen LogP contribution in [0.15, 0.2) is 18.2 Å². The fourth-order valence-corrected chi connectivity index (χ4v) is 1.20. The van der Waals surface area contributed by atoms with Gasteiger partial charge in [0.15, 0.2) is 0 Å². The molecule has 4 heteroatoms. The molecule has 0 bridgehead atoms. The maximum Gasteiger partial charge on any atom is 0.274 e. The van der Waals surface area contributed by atoms with Crippen LogP contribution in [0, 0.1) is 6.92 Å². The Morgan fingerprint density at radius 1 is 1.62 bits per heavy atom. The van der Waals surface area contributed by atoms with E-state index in [1.807, 2.05) is 19.1 Å². The lowest BCUT2D eigenvalue weighted by Gasteiger charge is -2.04. The molecule has 0 aliphatic heterocycles. The summed E-state index contributed by atoms with van der Waals surface area (Å²) in [5.41, 5.74) is 7.75. The molecule has 0 spiro atoms. The van der Waals surface area contributed by atoms with Gasteiger partial charge in [-0.1, -0.05) is 6.07 Å². The van der Waals surface area contributed by atoms with Crippen LogP contribution >= 0.6 is 0 Å². The van der Waals surface area contributed by atoms with Gasteiger partial charge in [0.25, 0.3) is 5.91 Å². The number of quaternary nitrogens is 1. The number of hydrogen-bond acceptors (Lipinski definition) is 2. The molecule has 0 unspecified atom stereocenters. The van der Waals surface area contributed by atoms with Crippen LogP contribution in [0.1, 0.15) is 21.5 Å². The fourth-order valence-electron chi connectivity index (χ4n) is 1.20. The molecular weight excluding hydrogens is 168 g/mol. The lowest BCUT2D eigenvalue weighted by atomic mass is 10.0. The van der Waals surface area contributed by atoms with Gasteiger partial charge in [0.1, 0.15) is 0 Å². The third-order valence-electron chi connectivity index (χ3n) is 1.93. The number of amides is 1. The molecule has 13 heavy (non-hydrogen) atoms. The Morgan fingerprint density at radius 3 is 2.77 bits per heavy atom. The van der Waals surface area contributed by atoms with Crippen molar-refractivity contribution in [3.8, 4) is 0 Å². The standard InChI is InChI=1S/C9H12N2O2/c1-6-4-7(5-10)2-3-8(6)9(12)11-13/h2-4,13H,5,10H2,1H3,(H,11,12)/p+1. The van der Waals surface area contributed by atoms with Crippen molar-refractivity contribution in [2.75, 3.05) is 0 Å². The summed E-state index contributed by atoms with van der Waals surface area (Å²) in [5.74, 6) is -0.479. The maximum atomic E-state index is 11.1. The SMILES string of the molecule is Cc1cc(C[NH3+])ccc1C(=O)NO. The summed E-state index contributed by atoms with van der Waals surface area (Å²) in [5, 5.41) is 8.43. The van der Waals surface area contributed by atoms with E-state index in [0.29, 0.717) is 12.1 Å². The molecule has 0 fully saturated rings. The van der Waals surface area contributed by atoms with E-state index < -0.39 is 5.91 Å². The summed E-state index contributed by atoms with van der Waals surface area (Å²) in [7, 11) is 0. The van der Waals surface area contributed by atoms with Crippen molar-refractivity contribution < 1.29 is 15.7 Å². The molecule has 0 heterocycles. The minimum Gasteiger partial charge on any atom is -0.354 e. The second-order valence-electron chi connectivity index (χ2n) is 2.84. The lowest BCUT2D eigenvalue weighted by Crippen LogP contribution is -2.47. The van der Waals surface area contributed by atoms with Gasteiger partial charge in [-0.2, -0.15) is 0 Å². The zero-order valence-corrected chi connectivity index (χ0v) is 7.50. The van der Waals surface area contributed by atoms with Gasteiger partial charge in [-0.3, -0.25) is 10.0 Å². The van der Waals surface area contributed by atoms with Crippen LogP contribution in [0.2, 0.25) is 0 Å². The van der Waals surface area contributed by atoms with Gasteiger partial charge in [0.05, 0.1) is 6.54 Å². The van der Waals surface area contributed by atoms with Crippen molar-refractivity contribution in [3.63, 3.8) is 0 Å². The molecule has 0 aliphatic rings. The predicted octanol–water partition coefficient (Wildman–Crippen LogP) is -0.144. The molecule has 70 valence electrons. The van der Waals surface area contributed by atoms with Crippen molar-refractivity contribution in [2.24, 2.45) is 0 Å². The smallest absolute Gasteiger partial charge is 0.274 e. The van der Waals surface area contributed by atoms with Crippen molar-refractivity contribution in [2.45, 2.75) is 13.5 Å². The fraction of sp³-hybridized carbons (Fsp3) is 0.222. The number of benzene rings is 1. The van der Waals surface area contributed by atoms with Gasteiger partial charge in [-0.05, 0) is 24.6 Å². The summed E-state index contributed by atoms with van der Waals surface area (Å²) >= 11 is 0. The topological polar surface area (TPSA) is 77.0 Å². The molecule has 0 aromatic heterocycles. The van der Waals surface area contributed by atoms with E-state index in [0.717, 1.165) is 11.1 Å². The van der Waals surface area contributed by atoms with Gasteiger partial charge < -0.3 is 5.73 Å². The second kappa shape index (κ2) is 4.02. The van der Waals surface area contributed by atoms with E-state index in [4.69, 9.17) is 5.21 Å². The van der Waals surface area contributed by atoms with Crippen LogP contribution in [0.3, 0.4) is 0 Å². The quantitative estimate of drug-likeness (QED) is 0.438. The molecule has 1 amide bonds. The van der Waals surface area contributed by atoms with E-state index in [1.165, 1.54) is 0 Å². The second-order valence-corrected chi connectivity index (χ2v) is 2.84. The normalized spacial score (nSPS) is 9.77. The Morgan fingerprint density at radius 2 is 2.31 bits per heavy atom. The Balaban J connectivity index is 3.05. The highest BCUT2D eigenvalue weighted by atomic mass is 16.5. The van der Waals surface area contributed by atoms with Crippen molar-refractivity contribution in [3.05, 3.63) is 34.9 Å². The van der Waals surface area contributed by atoms with Gasteiger partial charge in [-0.25, -0.2) is 5.48 Å². The first-order valence-electron chi connectivity index (χ1n) is 4.02. The van der Waals surface area contributed by atoms with Crippen LogP contribution in [-0.4, -0.2) is 11.1 Å². The first-order chi connectivity index (χ1) is 6.19. The summed E-state index contributed by atoms with van der Waals surface area (Å²) in [6.07, 6.45) is 0. The number of rotatable bonds is 2. The van der Waals surface area contributed by atoms with E-state index >= 15 is 0 Å². The monoisotopic (exact) mass is 181 g/mol. The number of aryl methyl sites for hydroxylation is 1. The van der Waals surface area contributed by atoms with Crippen molar-refractivity contribution in [1.82, 2.24) is 5.48 Å². The van der Waals surface area contributed by atoms with Gasteiger partial charge in [0, 0.05) is 11.1 Å². The predicted molar refractivity (Wildman–Crippen MR) is 47.0 cm³/mol. The van der Waals surface area contributed by atoms with Gasteiger partial charge >= 0.3 is 0 Å². The molecule has 5 N–H and O–H groups in total. The first-order valence-corrected chi connectivity index (χ1v) is 4.02. The summed E-state index contributed by atoms with van der Waals surface area (Å²) in [4.78, 5) is 11.1. The van der Waals surface area contributed by atoms with Crippen LogP contribution in [0.5, 0.6) is 0 Å². The average molecular weight is 181 g/mol. The average Bonchev–Trinajstić information content (AvgIpc) is 2.16. The molecular formula is C9H13N2O2+. The lowest BCUT2D eigenvalue weighted by molar-refractivity contribution is -0.386. The summed E-state index contributed by atoms with van der Waals surface area (Å²) in [6, 6.07) is 5.39. The molecule has 0 saturated carbocycles. The highest BCUT2D eigenvalue weighted by molar-refractivity contribution is 5.94. The molecule has 0 saturated heterocycles.